The molecule has 0 radical (unpaired) electrons. The molecule has 156 valence electrons. The van der Waals surface area contributed by atoms with E-state index in [0.717, 1.165) is 15.6 Å². The zero-order chi connectivity index (χ0) is 21.4. The van der Waals surface area contributed by atoms with E-state index in [-0.39, 0.29) is 30.5 Å². The van der Waals surface area contributed by atoms with E-state index in [1.807, 2.05) is 37.3 Å². The number of ether oxygens (including phenoxy) is 1. The number of benzene rings is 2. The lowest BCUT2D eigenvalue weighted by atomic mass is 10.0. The van der Waals surface area contributed by atoms with Crippen molar-refractivity contribution in [2.75, 3.05) is 7.11 Å². The number of amides is 2. The van der Waals surface area contributed by atoms with Gasteiger partial charge in [0.2, 0.25) is 5.91 Å². The van der Waals surface area contributed by atoms with Gasteiger partial charge in [-0.25, -0.2) is 4.79 Å². The van der Waals surface area contributed by atoms with Crippen LogP contribution < -0.4 is 10.4 Å². The molecule has 0 bridgehead atoms. The van der Waals surface area contributed by atoms with Crippen molar-refractivity contribution >= 4 is 38.8 Å². The molecule has 7 nitrogen and oxygen atoms in total. The molecule has 0 aliphatic carbocycles. The van der Waals surface area contributed by atoms with E-state index in [1.54, 1.807) is 28.4 Å². The van der Waals surface area contributed by atoms with Crippen molar-refractivity contribution in [3.63, 3.8) is 0 Å². The van der Waals surface area contributed by atoms with Crippen LogP contribution in [-0.4, -0.2) is 33.0 Å². The molecule has 1 saturated heterocycles. The molecule has 2 aromatic carbocycles. The van der Waals surface area contributed by atoms with Crippen LogP contribution >= 0.6 is 15.9 Å². The number of likely N-dealkylation sites (tertiary alicyclic amines) is 1. The first kappa shape index (κ1) is 20.4. The minimum absolute atomic E-state index is 0.170. The van der Waals surface area contributed by atoms with E-state index >= 15 is 0 Å². The highest BCUT2D eigenvalue weighted by atomic mass is 79.9. The fourth-order valence-electron chi connectivity index (χ4n) is 4.03. The zero-order valence-corrected chi connectivity index (χ0v) is 18.4. The van der Waals surface area contributed by atoms with Crippen molar-refractivity contribution in [3.05, 3.63) is 63.0 Å². The van der Waals surface area contributed by atoms with Crippen molar-refractivity contribution in [1.82, 2.24) is 14.0 Å². The number of piperidine rings is 1. The Morgan fingerprint density at radius 2 is 1.83 bits per heavy atom. The Hall–Kier alpha value is -2.87. The number of para-hydroxylation sites is 1. The summed E-state index contributed by atoms with van der Waals surface area (Å²) in [6.45, 7) is 2.55. The summed E-state index contributed by atoms with van der Waals surface area (Å²) < 4.78 is 9.15. The van der Waals surface area contributed by atoms with Crippen LogP contribution in [0.1, 0.15) is 31.4 Å². The Kier molecular flexibility index (Phi) is 5.51. The lowest BCUT2D eigenvalue weighted by Gasteiger charge is -2.31. The number of fused-ring (bicyclic) bond motifs is 1. The Labute approximate surface area is 182 Å². The average molecular weight is 472 g/mol. The van der Waals surface area contributed by atoms with E-state index in [2.05, 4.69) is 15.9 Å². The minimum atomic E-state index is -0.710. The van der Waals surface area contributed by atoms with Gasteiger partial charge in [0.15, 0.2) is 0 Å². The molecule has 1 aromatic heterocycles. The van der Waals surface area contributed by atoms with Crippen molar-refractivity contribution in [3.8, 4) is 5.75 Å². The fraction of sp³-hybridized carbons (Fsp3) is 0.318. The van der Waals surface area contributed by atoms with Crippen LogP contribution in [-0.2, 0) is 22.7 Å². The Morgan fingerprint density at radius 3 is 2.50 bits per heavy atom. The molecule has 2 amide bonds. The van der Waals surface area contributed by atoms with E-state index < -0.39 is 6.04 Å². The second-order valence-electron chi connectivity index (χ2n) is 7.23. The summed E-state index contributed by atoms with van der Waals surface area (Å²) >= 11 is 3.52. The second-order valence-corrected chi connectivity index (χ2v) is 8.08. The summed E-state index contributed by atoms with van der Waals surface area (Å²) in [5.74, 6) is 0.136. The van der Waals surface area contributed by atoms with Gasteiger partial charge in [0.05, 0.1) is 24.7 Å². The van der Waals surface area contributed by atoms with Crippen molar-refractivity contribution < 1.29 is 14.3 Å². The van der Waals surface area contributed by atoms with E-state index in [4.69, 9.17) is 4.74 Å². The summed E-state index contributed by atoms with van der Waals surface area (Å²) in [5, 5.41) is 0. The van der Waals surface area contributed by atoms with E-state index in [1.165, 1.54) is 4.90 Å². The number of carbonyl (C=O) groups is 2. The first-order valence-electron chi connectivity index (χ1n) is 9.82. The Balaban J connectivity index is 1.73. The molecule has 1 fully saturated rings. The Morgan fingerprint density at radius 1 is 1.10 bits per heavy atom. The third-order valence-electron chi connectivity index (χ3n) is 5.54. The van der Waals surface area contributed by atoms with Gasteiger partial charge in [-0.2, -0.15) is 0 Å². The zero-order valence-electron chi connectivity index (χ0n) is 16.8. The SMILES string of the molecule is CCn1c(=O)n(C2CCC(=O)N(Cc3ccc(OC)cc3)C2=O)c2cccc(Br)c21. The van der Waals surface area contributed by atoms with Crippen LogP contribution in [0.25, 0.3) is 11.0 Å². The third kappa shape index (κ3) is 3.35. The molecular weight excluding hydrogens is 450 g/mol. The van der Waals surface area contributed by atoms with Gasteiger partial charge in [0.25, 0.3) is 5.91 Å². The van der Waals surface area contributed by atoms with Crippen LogP contribution in [0, 0.1) is 0 Å². The van der Waals surface area contributed by atoms with Crippen LogP contribution in [0.15, 0.2) is 51.7 Å². The lowest BCUT2D eigenvalue weighted by molar-refractivity contribution is -0.151. The number of imidazole rings is 1. The van der Waals surface area contributed by atoms with E-state index in [9.17, 15) is 14.4 Å². The third-order valence-corrected chi connectivity index (χ3v) is 6.18. The quantitative estimate of drug-likeness (QED) is 0.533. The predicted molar refractivity (Wildman–Crippen MR) is 116 cm³/mol. The van der Waals surface area contributed by atoms with Crippen molar-refractivity contribution in [2.24, 2.45) is 0 Å². The van der Waals surface area contributed by atoms with Crippen molar-refractivity contribution in [1.29, 1.82) is 0 Å². The van der Waals surface area contributed by atoms with Gasteiger partial charge in [0.1, 0.15) is 11.8 Å². The molecule has 1 atom stereocenters. The number of rotatable bonds is 5. The largest absolute Gasteiger partial charge is 0.497 e. The normalized spacial score (nSPS) is 17.0. The number of imide groups is 1. The van der Waals surface area contributed by atoms with Crippen LogP contribution in [0.5, 0.6) is 5.75 Å². The summed E-state index contributed by atoms with van der Waals surface area (Å²) in [7, 11) is 1.58. The number of carbonyl (C=O) groups excluding carboxylic acids is 2. The van der Waals surface area contributed by atoms with Gasteiger partial charge < -0.3 is 4.74 Å². The molecule has 4 rings (SSSR count). The molecule has 0 spiro atoms. The summed E-state index contributed by atoms with van der Waals surface area (Å²) in [4.78, 5) is 40.3. The molecule has 0 N–H and O–H groups in total. The van der Waals surface area contributed by atoms with Gasteiger partial charge in [-0.05, 0) is 59.1 Å². The molecule has 0 saturated carbocycles. The van der Waals surface area contributed by atoms with Gasteiger partial charge in [-0.15, -0.1) is 0 Å². The number of hydrogen-bond donors (Lipinski definition) is 0. The molecule has 8 heteroatoms. The average Bonchev–Trinajstić information content (AvgIpc) is 3.04. The monoisotopic (exact) mass is 471 g/mol. The molecule has 1 unspecified atom stereocenters. The molecule has 30 heavy (non-hydrogen) atoms. The molecule has 1 aliphatic heterocycles. The molecule has 2 heterocycles. The van der Waals surface area contributed by atoms with Gasteiger partial charge >= 0.3 is 5.69 Å². The molecule has 1 aliphatic rings. The maximum Gasteiger partial charge on any atom is 0.329 e. The number of halogens is 1. The van der Waals surface area contributed by atoms with Crippen molar-refractivity contribution in [2.45, 2.75) is 38.9 Å². The maximum atomic E-state index is 13.3. The first-order valence-corrected chi connectivity index (χ1v) is 10.6. The second kappa shape index (κ2) is 8.10. The highest BCUT2D eigenvalue weighted by Gasteiger charge is 2.37. The van der Waals surface area contributed by atoms with Crippen LogP contribution in [0.3, 0.4) is 0 Å². The topological polar surface area (TPSA) is 73.5 Å². The predicted octanol–water partition coefficient (Wildman–Crippen LogP) is 3.48. The molecule has 3 aromatic rings. The maximum absolute atomic E-state index is 13.3. The highest BCUT2D eigenvalue weighted by Crippen LogP contribution is 2.30. The smallest absolute Gasteiger partial charge is 0.329 e. The summed E-state index contributed by atoms with van der Waals surface area (Å²) in [6.07, 6.45) is 0.526. The first-order chi connectivity index (χ1) is 14.5. The number of aryl methyl sites for hydroxylation is 1. The van der Waals surface area contributed by atoms with E-state index in [0.29, 0.717) is 24.2 Å². The molecular formula is C22H22BrN3O4. The highest BCUT2D eigenvalue weighted by molar-refractivity contribution is 9.10. The van der Waals surface area contributed by atoms with Crippen LogP contribution in [0.2, 0.25) is 0 Å². The van der Waals surface area contributed by atoms with Crippen LogP contribution in [0.4, 0.5) is 0 Å². The number of nitrogens with zero attached hydrogens (tertiary/aromatic N) is 3. The van der Waals surface area contributed by atoms with Gasteiger partial charge in [0, 0.05) is 17.4 Å². The Bertz CT molecular complexity index is 1180. The number of aromatic nitrogens is 2. The standard InChI is InChI=1S/C22H22BrN3O4/c1-3-24-20-16(23)5-4-6-17(20)26(22(24)29)18-11-12-19(27)25(21(18)28)13-14-7-9-15(30-2)10-8-14/h4-10,18H,3,11-13H2,1-2H3. The van der Waals surface area contributed by atoms with Gasteiger partial charge in [-0.3, -0.25) is 23.6 Å². The number of hydrogen-bond acceptors (Lipinski definition) is 4. The lowest BCUT2D eigenvalue weighted by Crippen LogP contribution is -2.47. The summed E-state index contributed by atoms with van der Waals surface area (Å²) in [6, 6.07) is 12.1. The number of methoxy groups -OCH3 is 1. The summed E-state index contributed by atoms with van der Waals surface area (Å²) in [5.41, 5.74) is 2.03. The minimum Gasteiger partial charge on any atom is -0.497 e. The van der Waals surface area contributed by atoms with Gasteiger partial charge in [-0.1, -0.05) is 18.2 Å². The fourth-order valence-corrected chi connectivity index (χ4v) is 4.60.